The highest BCUT2D eigenvalue weighted by atomic mass is 16.7. The number of Topliss-reactive ketones (excluding diaryl/α,β-unsaturated/α-hetero) is 1. The summed E-state index contributed by atoms with van der Waals surface area (Å²) in [5, 5.41) is 0. The third kappa shape index (κ3) is 1.96. The number of benzene rings is 1. The molecule has 0 fully saturated rings. The van der Waals surface area contributed by atoms with Crippen molar-refractivity contribution >= 4 is 5.78 Å². The first-order chi connectivity index (χ1) is 7.20. The number of fused-ring (bicyclic) bond motifs is 1. The summed E-state index contributed by atoms with van der Waals surface area (Å²) >= 11 is 0. The highest BCUT2D eigenvalue weighted by Gasteiger charge is 2.27. The van der Waals surface area contributed by atoms with E-state index >= 15 is 0 Å². The van der Waals surface area contributed by atoms with Crippen LogP contribution in [0.15, 0.2) is 18.2 Å². The maximum atomic E-state index is 11.1. The van der Waals surface area contributed by atoms with E-state index < -0.39 is 6.29 Å². The molecule has 1 aliphatic heterocycles. The summed E-state index contributed by atoms with van der Waals surface area (Å²) in [6, 6.07) is 5.82. The molecule has 15 heavy (non-hydrogen) atoms. The largest absolute Gasteiger partial charge is 0.444 e. The number of rotatable bonds is 3. The molecule has 1 aromatic rings. The Labute approximate surface area is 89.0 Å². The molecule has 80 valence electrons. The Morgan fingerprint density at radius 2 is 2.07 bits per heavy atom. The van der Waals surface area contributed by atoms with E-state index in [1.54, 1.807) is 0 Å². The Bertz CT molecular complexity index is 384. The molecule has 0 bridgehead atoms. The first kappa shape index (κ1) is 10.0. The van der Waals surface area contributed by atoms with Crippen LogP contribution >= 0.6 is 0 Å². The van der Waals surface area contributed by atoms with Gasteiger partial charge in [0, 0.05) is 6.92 Å². The van der Waals surface area contributed by atoms with Crippen molar-refractivity contribution in [2.45, 2.75) is 33.0 Å². The van der Waals surface area contributed by atoms with E-state index in [2.05, 4.69) is 6.92 Å². The van der Waals surface area contributed by atoms with Gasteiger partial charge in [-0.2, -0.15) is 0 Å². The molecule has 1 aromatic carbocycles. The zero-order valence-corrected chi connectivity index (χ0v) is 8.95. The average Bonchev–Trinajstić information content (AvgIpc) is 2.61. The lowest BCUT2D eigenvalue weighted by molar-refractivity contribution is -0.132. The summed E-state index contributed by atoms with van der Waals surface area (Å²) < 4.78 is 10.7. The molecular weight excluding hydrogens is 192 g/mol. The molecule has 2 rings (SSSR count). The topological polar surface area (TPSA) is 35.5 Å². The number of hydrogen-bond donors (Lipinski definition) is 0. The lowest BCUT2D eigenvalue weighted by Crippen LogP contribution is -2.26. The molecule has 0 saturated carbocycles. The van der Waals surface area contributed by atoms with Crippen LogP contribution in [0.3, 0.4) is 0 Å². The van der Waals surface area contributed by atoms with E-state index in [4.69, 9.17) is 9.47 Å². The van der Waals surface area contributed by atoms with Crippen LogP contribution in [0.5, 0.6) is 11.5 Å². The number of carbonyl (C=O) groups is 1. The molecule has 0 radical (unpaired) electrons. The van der Waals surface area contributed by atoms with Gasteiger partial charge in [0.1, 0.15) is 0 Å². The molecule has 3 heteroatoms. The Hall–Kier alpha value is -1.51. The lowest BCUT2D eigenvalue weighted by Gasteiger charge is -2.03. The number of hydrogen-bond acceptors (Lipinski definition) is 3. The van der Waals surface area contributed by atoms with E-state index in [1.165, 1.54) is 12.5 Å². The summed E-state index contributed by atoms with van der Waals surface area (Å²) in [7, 11) is 0. The van der Waals surface area contributed by atoms with E-state index in [1.807, 2.05) is 18.2 Å². The standard InChI is InChI=1S/C12H14O3/c1-3-4-9-5-6-10-11(7-9)15-12(14-10)8(2)13/h5-7,12H,3-4H2,1-2H3. The van der Waals surface area contributed by atoms with Gasteiger partial charge in [-0.25, -0.2) is 0 Å². The van der Waals surface area contributed by atoms with Crippen molar-refractivity contribution in [1.82, 2.24) is 0 Å². The summed E-state index contributed by atoms with van der Waals surface area (Å²) in [4.78, 5) is 11.1. The molecule has 0 aliphatic carbocycles. The van der Waals surface area contributed by atoms with Gasteiger partial charge in [0.25, 0.3) is 0 Å². The number of aryl methyl sites for hydroxylation is 1. The minimum Gasteiger partial charge on any atom is -0.444 e. The normalized spacial score (nSPS) is 17.9. The fourth-order valence-electron chi connectivity index (χ4n) is 1.61. The predicted octanol–water partition coefficient (Wildman–Crippen LogP) is 2.33. The molecule has 0 aromatic heterocycles. The fraction of sp³-hybridized carbons (Fsp3) is 0.417. The van der Waals surface area contributed by atoms with Crippen LogP contribution in [0.25, 0.3) is 0 Å². The predicted molar refractivity (Wildman–Crippen MR) is 56.2 cm³/mol. The van der Waals surface area contributed by atoms with Crippen LogP contribution in [-0.4, -0.2) is 12.1 Å². The van der Waals surface area contributed by atoms with E-state index in [0.717, 1.165) is 12.8 Å². The van der Waals surface area contributed by atoms with Gasteiger partial charge in [-0.3, -0.25) is 4.79 Å². The van der Waals surface area contributed by atoms with E-state index in [9.17, 15) is 4.79 Å². The van der Waals surface area contributed by atoms with Gasteiger partial charge in [0.05, 0.1) is 0 Å². The van der Waals surface area contributed by atoms with Crippen molar-refractivity contribution in [2.75, 3.05) is 0 Å². The molecule has 1 aliphatic rings. The van der Waals surface area contributed by atoms with Crippen LogP contribution in [-0.2, 0) is 11.2 Å². The summed E-state index contributed by atoms with van der Waals surface area (Å²) in [6.45, 7) is 3.59. The number of carbonyl (C=O) groups excluding carboxylic acids is 1. The maximum Gasteiger partial charge on any atom is 0.300 e. The molecule has 0 saturated heterocycles. The van der Waals surface area contributed by atoms with E-state index in [-0.39, 0.29) is 5.78 Å². The summed E-state index contributed by atoms with van der Waals surface area (Å²) in [5.41, 5.74) is 1.21. The molecular formula is C12H14O3. The van der Waals surface area contributed by atoms with Crippen LogP contribution in [0, 0.1) is 0 Å². The molecule has 3 nitrogen and oxygen atoms in total. The maximum absolute atomic E-state index is 11.1. The Kier molecular flexibility index (Phi) is 2.62. The van der Waals surface area contributed by atoms with Crippen molar-refractivity contribution in [2.24, 2.45) is 0 Å². The molecule has 0 N–H and O–H groups in total. The van der Waals surface area contributed by atoms with Crippen molar-refractivity contribution in [1.29, 1.82) is 0 Å². The summed E-state index contributed by atoms with van der Waals surface area (Å²) in [6.07, 6.45) is 1.36. The zero-order valence-electron chi connectivity index (χ0n) is 8.95. The number of ether oxygens (including phenoxy) is 2. The lowest BCUT2D eigenvalue weighted by atomic mass is 10.1. The number of ketones is 1. The van der Waals surface area contributed by atoms with Crippen molar-refractivity contribution in [3.8, 4) is 11.5 Å². The Morgan fingerprint density at radius 1 is 1.33 bits per heavy atom. The first-order valence-electron chi connectivity index (χ1n) is 5.17. The molecule has 1 heterocycles. The highest BCUT2D eigenvalue weighted by molar-refractivity contribution is 5.80. The minimum absolute atomic E-state index is 0.108. The zero-order chi connectivity index (χ0) is 10.8. The average molecular weight is 206 g/mol. The summed E-state index contributed by atoms with van der Waals surface area (Å²) in [5.74, 6) is 1.24. The Balaban J connectivity index is 2.20. The molecule has 1 unspecified atom stereocenters. The molecule has 0 amide bonds. The third-order valence-corrected chi connectivity index (χ3v) is 2.35. The quantitative estimate of drug-likeness (QED) is 0.761. The van der Waals surface area contributed by atoms with Crippen molar-refractivity contribution in [3.05, 3.63) is 23.8 Å². The monoisotopic (exact) mass is 206 g/mol. The van der Waals surface area contributed by atoms with E-state index in [0.29, 0.717) is 11.5 Å². The second kappa shape index (κ2) is 3.93. The van der Waals surface area contributed by atoms with Gasteiger partial charge < -0.3 is 9.47 Å². The van der Waals surface area contributed by atoms with Crippen molar-refractivity contribution < 1.29 is 14.3 Å². The van der Waals surface area contributed by atoms with Gasteiger partial charge in [0.2, 0.25) is 5.78 Å². The van der Waals surface area contributed by atoms with Crippen LogP contribution in [0.1, 0.15) is 25.8 Å². The Morgan fingerprint density at radius 3 is 2.73 bits per heavy atom. The van der Waals surface area contributed by atoms with Crippen LogP contribution in [0.2, 0.25) is 0 Å². The minimum atomic E-state index is -0.753. The molecule has 0 spiro atoms. The SMILES string of the molecule is CCCc1ccc2c(c1)OC(C(C)=O)O2. The van der Waals surface area contributed by atoms with Gasteiger partial charge in [-0.1, -0.05) is 19.4 Å². The van der Waals surface area contributed by atoms with Gasteiger partial charge in [0.15, 0.2) is 11.5 Å². The highest BCUT2D eigenvalue weighted by Crippen LogP contribution is 2.35. The van der Waals surface area contributed by atoms with Crippen LogP contribution in [0.4, 0.5) is 0 Å². The smallest absolute Gasteiger partial charge is 0.300 e. The first-order valence-corrected chi connectivity index (χ1v) is 5.17. The van der Waals surface area contributed by atoms with Gasteiger partial charge >= 0.3 is 6.29 Å². The third-order valence-electron chi connectivity index (χ3n) is 2.35. The second-order valence-electron chi connectivity index (χ2n) is 3.71. The molecule has 1 atom stereocenters. The van der Waals surface area contributed by atoms with Crippen molar-refractivity contribution in [3.63, 3.8) is 0 Å². The fourth-order valence-corrected chi connectivity index (χ4v) is 1.61. The van der Waals surface area contributed by atoms with Crippen LogP contribution < -0.4 is 9.47 Å². The second-order valence-corrected chi connectivity index (χ2v) is 3.71. The van der Waals surface area contributed by atoms with Gasteiger partial charge in [-0.15, -0.1) is 0 Å². The van der Waals surface area contributed by atoms with Gasteiger partial charge in [-0.05, 0) is 24.1 Å².